The molecule has 1 aliphatic heterocycles. The van der Waals surface area contributed by atoms with Gasteiger partial charge in [0.05, 0.1) is 11.8 Å². The fraction of sp³-hybridized carbons (Fsp3) is 0.688. The van der Waals surface area contributed by atoms with E-state index in [-0.39, 0.29) is 6.10 Å². The van der Waals surface area contributed by atoms with E-state index in [2.05, 4.69) is 29.2 Å². The molecule has 2 heterocycles. The lowest BCUT2D eigenvalue weighted by Gasteiger charge is -2.34. The highest BCUT2D eigenvalue weighted by Crippen LogP contribution is 2.26. The molecule has 4 heteroatoms. The van der Waals surface area contributed by atoms with Crippen LogP contribution in [-0.2, 0) is 0 Å². The van der Waals surface area contributed by atoms with Crippen molar-refractivity contribution in [1.29, 1.82) is 0 Å². The zero-order valence-electron chi connectivity index (χ0n) is 13.1. The number of nitrogens with one attached hydrogen (secondary N) is 1. The van der Waals surface area contributed by atoms with Crippen molar-refractivity contribution in [2.75, 3.05) is 25.5 Å². The smallest absolute Gasteiger partial charge is 0.237 e. The van der Waals surface area contributed by atoms with Gasteiger partial charge in [-0.2, -0.15) is 0 Å². The summed E-state index contributed by atoms with van der Waals surface area (Å²) < 4.78 is 5.77. The Kier molecular flexibility index (Phi) is 5.24. The lowest BCUT2D eigenvalue weighted by Crippen LogP contribution is -2.39. The van der Waals surface area contributed by atoms with E-state index < -0.39 is 0 Å². The number of nitrogens with zero attached hydrogens (tertiary/aromatic N) is 2. The number of ether oxygens (including phenoxy) is 1. The molecule has 1 aromatic heterocycles. The Hall–Kier alpha value is -1.29. The minimum absolute atomic E-state index is 0.140. The summed E-state index contributed by atoms with van der Waals surface area (Å²) in [7, 11) is 2.20. The second-order valence-corrected chi connectivity index (χ2v) is 6.12. The first-order valence-electron chi connectivity index (χ1n) is 7.63. The van der Waals surface area contributed by atoms with Gasteiger partial charge in [0, 0.05) is 18.8 Å². The number of likely N-dealkylation sites (tertiary alicyclic amines) is 1. The van der Waals surface area contributed by atoms with Crippen LogP contribution in [0.1, 0.15) is 33.6 Å². The largest absolute Gasteiger partial charge is 0.473 e. The van der Waals surface area contributed by atoms with E-state index in [9.17, 15) is 0 Å². The standard InChI is InChI=1S/C16H27N3O/c1-12(2)20-16-15(8-5-9-17-16)18-13(3)14-7-6-10-19(4)11-14/h5,8-9,12-14,18H,6-7,10-11H2,1-4H3. The maximum atomic E-state index is 5.77. The molecule has 0 amide bonds. The number of pyridine rings is 1. The molecular formula is C16H27N3O. The molecule has 1 fully saturated rings. The molecule has 112 valence electrons. The van der Waals surface area contributed by atoms with Crippen molar-refractivity contribution in [3.05, 3.63) is 18.3 Å². The Labute approximate surface area is 122 Å². The van der Waals surface area contributed by atoms with E-state index in [0.717, 1.165) is 12.2 Å². The molecule has 20 heavy (non-hydrogen) atoms. The Balaban J connectivity index is 2.01. The molecule has 0 aromatic carbocycles. The van der Waals surface area contributed by atoms with Crippen molar-refractivity contribution in [2.45, 2.75) is 45.8 Å². The molecule has 2 unspecified atom stereocenters. The maximum absolute atomic E-state index is 5.77. The molecule has 2 rings (SSSR count). The Morgan fingerprint density at radius 1 is 1.40 bits per heavy atom. The van der Waals surface area contributed by atoms with Gasteiger partial charge in [0.1, 0.15) is 0 Å². The molecule has 1 aliphatic rings. The van der Waals surface area contributed by atoms with Gasteiger partial charge in [0.2, 0.25) is 5.88 Å². The Morgan fingerprint density at radius 3 is 2.90 bits per heavy atom. The van der Waals surface area contributed by atoms with Crippen LogP contribution < -0.4 is 10.1 Å². The van der Waals surface area contributed by atoms with Crippen molar-refractivity contribution < 1.29 is 4.74 Å². The van der Waals surface area contributed by atoms with Gasteiger partial charge in [-0.3, -0.25) is 0 Å². The summed E-state index contributed by atoms with van der Waals surface area (Å²) in [4.78, 5) is 6.75. The number of rotatable bonds is 5. The van der Waals surface area contributed by atoms with Crippen LogP contribution in [0.25, 0.3) is 0 Å². The highest BCUT2D eigenvalue weighted by atomic mass is 16.5. The van der Waals surface area contributed by atoms with Crippen molar-refractivity contribution in [1.82, 2.24) is 9.88 Å². The van der Waals surface area contributed by atoms with Crippen molar-refractivity contribution in [3.8, 4) is 5.88 Å². The van der Waals surface area contributed by atoms with Crippen molar-refractivity contribution in [2.24, 2.45) is 5.92 Å². The molecule has 0 spiro atoms. The lowest BCUT2D eigenvalue weighted by molar-refractivity contribution is 0.197. The summed E-state index contributed by atoms with van der Waals surface area (Å²) in [5, 5.41) is 3.59. The summed E-state index contributed by atoms with van der Waals surface area (Å²) in [6, 6.07) is 4.43. The second kappa shape index (κ2) is 6.93. The summed E-state index contributed by atoms with van der Waals surface area (Å²) in [6.07, 6.45) is 4.50. The fourth-order valence-electron chi connectivity index (χ4n) is 2.80. The highest BCUT2D eigenvalue weighted by molar-refractivity contribution is 5.52. The quantitative estimate of drug-likeness (QED) is 0.897. The number of piperidine rings is 1. The average molecular weight is 277 g/mol. The van der Waals surface area contributed by atoms with Crippen LogP contribution in [0.15, 0.2) is 18.3 Å². The molecule has 1 saturated heterocycles. The monoisotopic (exact) mass is 277 g/mol. The van der Waals surface area contributed by atoms with E-state index in [4.69, 9.17) is 4.74 Å². The number of anilines is 1. The first-order valence-corrected chi connectivity index (χ1v) is 7.63. The van der Waals surface area contributed by atoms with Gasteiger partial charge >= 0.3 is 0 Å². The van der Waals surface area contributed by atoms with Crippen LogP contribution >= 0.6 is 0 Å². The summed E-state index contributed by atoms with van der Waals surface area (Å²) in [6.45, 7) is 8.69. The molecule has 1 N–H and O–H groups in total. The molecule has 0 aliphatic carbocycles. The zero-order chi connectivity index (χ0) is 14.5. The fourth-order valence-corrected chi connectivity index (χ4v) is 2.80. The summed E-state index contributed by atoms with van der Waals surface area (Å²) in [5.74, 6) is 1.39. The SMILES string of the molecule is CC(C)Oc1ncccc1NC(C)C1CCCN(C)C1. The predicted octanol–water partition coefficient (Wildman–Crippen LogP) is 3.01. The van der Waals surface area contributed by atoms with Gasteiger partial charge in [0.25, 0.3) is 0 Å². The number of hydrogen-bond donors (Lipinski definition) is 1. The molecule has 2 atom stereocenters. The van der Waals surface area contributed by atoms with E-state index in [1.807, 2.05) is 26.0 Å². The van der Waals surface area contributed by atoms with E-state index in [0.29, 0.717) is 17.8 Å². The third-order valence-corrected chi connectivity index (χ3v) is 3.87. The van der Waals surface area contributed by atoms with E-state index >= 15 is 0 Å². The molecule has 0 radical (unpaired) electrons. The average Bonchev–Trinajstić information content (AvgIpc) is 2.40. The third-order valence-electron chi connectivity index (χ3n) is 3.87. The highest BCUT2D eigenvalue weighted by Gasteiger charge is 2.23. The first-order chi connectivity index (χ1) is 9.56. The van der Waals surface area contributed by atoms with Crippen LogP contribution in [0.5, 0.6) is 5.88 Å². The van der Waals surface area contributed by atoms with Gasteiger partial charge in [-0.15, -0.1) is 0 Å². The van der Waals surface area contributed by atoms with Gasteiger partial charge in [-0.1, -0.05) is 0 Å². The van der Waals surface area contributed by atoms with Crippen LogP contribution in [0, 0.1) is 5.92 Å². The van der Waals surface area contributed by atoms with Gasteiger partial charge < -0.3 is 15.0 Å². The lowest BCUT2D eigenvalue weighted by atomic mass is 9.92. The molecule has 0 saturated carbocycles. The summed E-state index contributed by atoms with van der Waals surface area (Å²) in [5.41, 5.74) is 1.00. The van der Waals surface area contributed by atoms with Crippen LogP contribution in [0.2, 0.25) is 0 Å². The van der Waals surface area contributed by atoms with Crippen molar-refractivity contribution in [3.63, 3.8) is 0 Å². The van der Waals surface area contributed by atoms with Gasteiger partial charge in [-0.05, 0) is 65.3 Å². The topological polar surface area (TPSA) is 37.4 Å². The molecule has 0 bridgehead atoms. The molecule has 1 aromatic rings. The van der Waals surface area contributed by atoms with E-state index in [1.54, 1.807) is 6.20 Å². The second-order valence-electron chi connectivity index (χ2n) is 6.12. The number of aromatic nitrogens is 1. The third kappa shape index (κ3) is 4.10. The zero-order valence-corrected chi connectivity index (χ0v) is 13.1. The first kappa shape index (κ1) is 15.1. The Morgan fingerprint density at radius 2 is 2.20 bits per heavy atom. The molecule has 4 nitrogen and oxygen atoms in total. The van der Waals surface area contributed by atoms with Gasteiger partial charge in [-0.25, -0.2) is 4.98 Å². The van der Waals surface area contributed by atoms with Crippen LogP contribution in [-0.4, -0.2) is 42.2 Å². The van der Waals surface area contributed by atoms with E-state index in [1.165, 1.54) is 19.4 Å². The predicted molar refractivity (Wildman–Crippen MR) is 83.3 cm³/mol. The minimum atomic E-state index is 0.140. The minimum Gasteiger partial charge on any atom is -0.473 e. The maximum Gasteiger partial charge on any atom is 0.237 e. The Bertz CT molecular complexity index is 422. The van der Waals surface area contributed by atoms with Gasteiger partial charge in [0.15, 0.2) is 0 Å². The van der Waals surface area contributed by atoms with Crippen molar-refractivity contribution >= 4 is 5.69 Å². The van der Waals surface area contributed by atoms with Crippen LogP contribution in [0.4, 0.5) is 5.69 Å². The number of hydrogen-bond acceptors (Lipinski definition) is 4. The van der Waals surface area contributed by atoms with Crippen LogP contribution in [0.3, 0.4) is 0 Å². The molecular weight excluding hydrogens is 250 g/mol. The normalized spacial score (nSPS) is 21.8. The summed E-state index contributed by atoms with van der Waals surface area (Å²) >= 11 is 0.